The summed E-state index contributed by atoms with van der Waals surface area (Å²) >= 11 is 0. The van der Waals surface area contributed by atoms with E-state index in [1.807, 2.05) is 26.0 Å². The first-order chi connectivity index (χ1) is 14.7. The summed E-state index contributed by atoms with van der Waals surface area (Å²) in [5.41, 5.74) is 3.50. The standard InChI is InChI=1S/C24H26N2O4S/c1-17-13-18(2)15-22(14-17)30-12-11-25-24(27)20-10-9-19(3)23(16-20)31(28,29)26-21-7-5-4-6-8-21/h4-10,13-16,26H,11-12H2,1-3H3,(H,25,27). The summed E-state index contributed by atoms with van der Waals surface area (Å²) in [6, 6.07) is 19.2. The minimum Gasteiger partial charge on any atom is -0.492 e. The number of carbonyl (C=O) groups is 1. The van der Waals surface area contributed by atoms with Gasteiger partial charge >= 0.3 is 0 Å². The predicted octanol–water partition coefficient (Wildman–Crippen LogP) is 4.22. The molecule has 0 unspecified atom stereocenters. The van der Waals surface area contributed by atoms with Crippen molar-refractivity contribution in [3.05, 3.63) is 89.0 Å². The minimum atomic E-state index is -3.82. The largest absolute Gasteiger partial charge is 0.492 e. The summed E-state index contributed by atoms with van der Waals surface area (Å²) in [7, 11) is -3.82. The van der Waals surface area contributed by atoms with Crippen LogP contribution in [0.5, 0.6) is 5.75 Å². The minimum absolute atomic E-state index is 0.0653. The summed E-state index contributed by atoms with van der Waals surface area (Å²) in [5, 5.41) is 2.77. The highest BCUT2D eigenvalue weighted by atomic mass is 32.2. The van der Waals surface area contributed by atoms with Crippen molar-refractivity contribution in [3.8, 4) is 5.75 Å². The lowest BCUT2D eigenvalue weighted by Crippen LogP contribution is -2.28. The van der Waals surface area contributed by atoms with E-state index in [1.165, 1.54) is 6.07 Å². The van der Waals surface area contributed by atoms with E-state index in [0.29, 0.717) is 24.4 Å². The van der Waals surface area contributed by atoms with E-state index in [1.54, 1.807) is 49.4 Å². The monoisotopic (exact) mass is 438 g/mol. The molecule has 0 saturated carbocycles. The summed E-state index contributed by atoms with van der Waals surface area (Å²) in [6.45, 7) is 6.29. The van der Waals surface area contributed by atoms with Crippen molar-refractivity contribution < 1.29 is 17.9 Å². The van der Waals surface area contributed by atoms with Gasteiger partial charge < -0.3 is 10.1 Å². The molecule has 3 aromatic carbocycles. The molecular formula is C24H26N2O4S. The molecule has 0 heterocycles. The fourth-order valence-electron chi connectivity index (χ4n) is 3.20. The first-order valence-corrected chi connectivity index (χ1v) is 11.4. The summed E-state index contributed by atoms with van der Waals surface area (Å²) in [5.74, 6) is 0.391. The maximum Gasteiger partial charge on any atom is 0.262 e. The van der Waals surface area contributed by atoms with Crippen LogP contribution in [-0.2, 0) is 10.0 Å². The first kappa shape index (κ1) is 22.4. The number of benzene rings is 3. The number of anilines is 1. The number of amides is 1. The van der Waals surface area contributed by atoms with Gasteiger partial charge in [-0.2, -0.15) is 0 Å². The Morgan fingerprint density at radius 3 is 2.26 bits per heavy atom. The lowest BCUT2D eigenvalue weighted by Gasteiger charge is -2.13. The van der Waals surface area contributed by atoms with Crippen molar-refractivity contribution in [3.63, 3.8) is 0 Å². The molecule has 0 aliphatic rings. The third kappa shape index (κ3) is 6.08. The summed E-state index contributed by atoms with van der Waals surface area (Å²) in [6.07, 6.45) is 0. The highest BCUT2D eigenvalue weighted by molar-refractivity contribution is 7.92. The third-order valence-corrected chi connectivity index (χ3v) is 6.14. The van der Waals surface area contributed by atoms with Gasteiger partial charge in [-0.05, 0) is 73.9 Å². The maximum absolute atomic E-state index is 12.8. The van der Waals surface area contributed by atoms with E-state index >= 15 is 0 Å². The van der Waals surface area contributed by atoms with Gasteiger partial charge in [0.2, 0.25) is 0 Å². The van der Waals surface area contributed by atoms with Gasteiger partial charge in [0.25, 0.3) is 15.9 Å². The molecule has 31 heavy (non-hydrogen) atoms. The molecule has 0 atom stereocenters. The van der Waals surface area contributed by atoms with Crippen LogP contribution in [-0.4, -0.2) is 27.5 Å². The van der Waals surface area contributed by atoms with Gasteiger partial charge in [-0.3, -0.25) is 9.52 Å². The van der Waals surface area contributed by atoms with Crippen molar-refractivity contribution in [2.45, 2.75) is 25.7 Å². The average molecular weight is 439 g/mol. The van der Waals surface area contributed by atoms with Crippen LogP contribution in [0.15, 0.2) is 71.6 Å². The fraction of sp³-hybridized carbons (Fsp3) is 0.208. The van der Waals surface area contributed by atoms with Crippen LogP contribution in [0.4, 0.5) is 5.69 Å². The molecule has 162 valence electrons. The SMILES string of the molecule is Cc1cc(C)cc(OCCNC(=O)c2ccc(C)c(S(=O)(=O)Nc3ccccc3)c2)c1. The molecule has 1 amide bonds. The molecule has 0 aliphatic heterocycles. The number of ether oxygens (including phenoxy) is 1. The Balaban J connectivity index is 1.64. The van der Waals surface area contributed by atoms with Gasteiger partial charge in [0, 0.05) is 11.3 Å². The average Bonchev–Trinajstić information content (AvgIpc) is 2.71. The van der Waals surface area contributed by atoms with E-state index < -0.39 is 10.0 Å². The fourth-order valence-corrected chi connectivity index (χ4v) is 4.53. The lowest BCUT2D eigenvalue weighted by molar-refractivity contribution is 0.0946. The Hall–Kier alpha value is -3.32. The molecule has 3 rings (SSSR count). The molecular weight excluding hydrogens is 412 g/mol. The Morgan fingerprint density at radius 1 is 0.903 bits per heavy atom. The van der Waals surface area contributed by atoms with E-state index in [0.717, 1.165) is 16.9 Å². The quantitative estimate of drug-likeness (QED) is 0.516. The molecule has 0 spiro atoms. The van der Waals surface area contributed by atoms with Crippen LogP contribution in [0.25, 0.3) is 0 Å². The molecule has 0 bridgehead atoms. The number of sulfonamides is 1. The second kappa shape index (κ2) is 9.66. The Labute approximate surface area is 183 Å². The number of rotatable bonds is 8. The zero-order chi connectivity index (χ0) is 22.4. The second-order valence-electron chi connectivity index (χ2n) is 7.38. The first-order valence-electron chi connectivity index (χ1n) is 9.92. The van der Waals surface area contributed by atoms with Crippen LogP contribution in [0.3, 0.4) is 0 Å². The second-order valence-corrected chi connectivity index (χ2v) is 9.03. The molecule has 2 N–H and O–H groups in total. The van der Waals surface area contributed by atoms with Gasteiger partial charge in [-0.1, -0.05) is 30.3 Å². The molecule has 0 fully saturated rings. The number of hydrogen-bond acceptors (Lipinski definition) is 4. The van der Waals surface area contributed by atoms with Crippen LogP contribution in [0.2, 0.25) is 0 Å². The lowest BCUT2D eigenvalue weighted by atomic mass is 10.1. The molecule has 6 nitrogen and oxygen atoms in total. The molecule has 0 saturated heterocycles. The maximum atomic E-state index is 12.8. The van der Waals surface area contributed by atoms with Crippen molar-refractivity contribution in [2.75, 3.05) is 17.9 Å². The zero-order valence-electron chi connectivity index (χ0n) is 17.8. The molecule has 0 aliphatic carbocycles. The number of carbonyl (C=O) groups excluding carboxylic acids is 1. The van der Waals surface area contributed by atoms with Gasteiger partial charge in [0.1, 0.15) is 12.4 Å². The number of hydrogen-bond donors (Lipinski definition) is 2. The third-order valence-electron chi connectivity index (χ3n) is 4.62. The van der Waals surface area contributed by atoms with Crippen molar-refractivity contribution in [1.82, 2.24) is 5.32 Å². The topological polar surface area (TPSA) is 84.5 Å². The Morgan fingerprint density at radius 2 is 1.58 bits per heavy atom. The molecule has 0 aromatic heterocycles. The van der Waals surface area contributed by atoms with Crippen molar-refractivity contribution in [1.29, 1.82) is 0 Å². The van der Waals surface area contributed by atoms with Crippen molar-refractivity contribution in [2.24, 2.45) is 0 Å². The van der Waals surface area contributed by atoms with E-state index in [-0.39, 0.29) is 16.4 Å². The van der Waals surface area contributed by atoms with Crippen LogP contribution in [0, 0.1) is 20.8 Å². The Kier molecular flexibility index (Phi) is 6.97. The predicted molar refractivity (Wildman–Crippen MR) is 122 cm³/mol. The molecule has 7 heteroatoms. The highest BCUT2D eigenvalue weighted by Gasteiger charge is 2.19. The van der Waals surface area contributed by atoms with Crippen LogP contribution < -0.4 is 14.8 Å². The van der Waals surface area contributed by atoms with Gasteiger partial charge in [0.05, 0.1) is 11.4 Å². The molecule has 0 radical (unpaired) electrons. The van der Waals surface area contributed by atoms with Crippen LogP contribution in [0.1, 0.15) is 27.0 Å². The number of nitrogens with one attached hydrogen (secondary N) is 2. The summed E-state index contributed by atoms with van der Waals surface area (Å²) < 4.78 is 33.9. The van der Waals surface area contributed by atoms with Crippen LogP contribution >= 0.6 is 0 Å². The van der Waals surface area contributed by atoms with E-state index in [9.17, 15) is 13.2 Å². The number of para-hydroxylation sites is 1. The molecule has 3 aromatic rings. The van der Waals surface area contributed by atoms with Crippen molar-refractivity contribution >= 4 is 21.6 Å². The Bertz CT molecular complexity index is 1160. The highest BCUT2D eigenvalue weighted by Crippen LogP contribution is 2.21. The smallest absolute Gasteiger partial charge is 0.262 e. The zero-order valence-corrected chi connectivity index (χ0v) is 18.6. The van der Waals surface area contributed by atoms with E-state index in [4.69, 9.17) is 4.74 Å². The normalized spacial score (nSPS) is 11.1. The number of aryl methyl sites for hydroxylation is 3. The van der Waals surface area contributed by atoms with Gasteiger partial charge in [-0.15, -0.1) is 0 Å². The van der Waals surface area contributed by atoms with Gasteiger partial charge in [-0.25, -0.2) is 8.42 Å². The van der Waals surface area contributed by atoms with E-state index in [2.05, 4.69) is 16.1 Å². The van der Waals surface area contributed by atoms with Gasteiger partial charge in [0.15, 0.2) is 0 Å². The summed E-state index contributed by atoms with van der Waals surface area (Å²) in [4.78, 5) is 12.6.